The molecule has 0 bridgehead atoms. The molecule has 0 aliphatic heterocycles. The van der Waals surface area contributed by atoms with Gasteiger partial charge in [0.25, 0.3) is 0 Å². The minimum Gasteiger partial charge on any atom is -0.480 e. The number of ether oxygens (including phenoxy) is 1. The molecule has 1 amide bonds. The zero-order valence-corrected chi connectivity index (χ0v) is 11.2. The molecule has 0 rings (SSSR count). The first kappa shape index (κ1) is 16.2. The first-order valence-electron chi connectivity index (χ1n) is 5.67. The fourth-order valence-corrected chi connectivity index (χ4v) is 1.31. The second-order valence-electron chi connectivity index (χ2n) is 4.80. The van der Waals surface area contributed by atoms with E-state index in [4.69, 9.17) is 9.84 Å². The summed E-state index contributed by atoms with van der Waals surface area (Å²) in [6, 6.07) is -0.990. The van der Waals surface area contributed by atoms with Crippen molar-refractivity contribution in [2.24, 2.45) is 0 Å². The summed E-state index contributed by atoms with van der Waals surface area (Å²) in [4.78, 5) is 24.2. The summed E-state index contributed by atoms with van der Waals surface area (Å²) in [6.45, 7) is 12.3. The van der Waals surface area contributed by atoms with Crippen molar-refractivity contribution in [2.75, 3.05) is 6.54 Å². The topological polar surface area (TPSA) is 66.8 Å². The van der Waals surface area contributed by atoms with Gasteiger partial charge < -0.3 is 9.84 Å². The normalized spacial score (nSPS) is 12.4. The van der Waals surface area contributed by atoms with Crippen molar-refractivity contribution >= 4 is 12.1 Å². The lowest BCUT2D eigenvalue weighted by Gasteiger charge is -2.30. The average molecular weight is 255 g/mol. The quantitative estimate of drug-likeness (QED) is 0.740. The van der Waals surface area contributed by atoms with E-state index < -0.39 is 23.7 Å². The molecule has 1 atom stereocenters. The standard InChI is InChI=1S/C13H21NO4/c1-6-8-10(11(15)16)14(9-7-2)12(17)18-13(3,4)5/h6-7,10H,1-2,8-9H2,3-5H3,(H,15,16). The van der Waals surface area contributed by atoms with E-state index in [1.807, 2.05) is 0 Å². The van der Waals surface area contributed by atoms with Gasteiger partial charge in [-0.3, -0.25) is 4.90 Å². The van der Waals surface area contributed by atoms with E-state index in [1.165, 1.54) is 12.2 Å². The van der Waals surface area contributed by atoms with Gasteiger partial charge in [-0.2, -0.15) is 0 Å². The molecule has 0 heterocycles. The maximum absolute atomic E-state index is 11.9. The molecule has 5 nitrogen and oxygen atoms in total. The smallest absolute Gasteiger partial charge is 0.411 e. The van der Waals surface area contributed by atoms with Gasteiger partial charge in [-0.1, -0.05) is 12.2 Å². The Labute approximate surface area is 108 Å². The molecule has 0 fully saturated rings. The molecule has 102 valence electrons. The van der Waals surface area contributed by atoms with E-state index in [1.54, 1.807) is 20.8 Å². The zero-order chi connectivity index (χ0) is 14.3. The van der Waals surface area contributed by atoms with Crippen molar-refractivity contribution in [2.45, 2.75) is 38.8 Å². The Kier molecular flexibility index (Phi) is 6.16. The van der Waals surface area contributed by atoms with E-state index in [0.717, 1.165) is 4.90 Å². The highest BCUT2D eigenvalue weighted by molar-refractivity contribution is 5.80. The van der Waals surface area contributed by atoms with Gasteiger partial charge in [-0.25, -0.2) is 9.59 Å². The van der Waals surface area contributed by atoms with Crippen LogP contribution in [0.5, 0.6) is 0 Å². The van der Waals surface area contributed by atoms with Gasteiger partial charge in [0.15, 0.2) is 0 Å². The lowest BCUT2D eigenvalue weighted by molar-refractivity contribution is -0.142. The number of hydrogen-bond acceptors (Lipinski definition) is 3. The van der Waals surface area contributed by atoms with Crippen molar-refractivity contribution in [3.05, 3.63) is 25.3 Å². The average Bonchev–Trinajstić information content (AvgIpc) is 2.20. The number of rotatable bonds is 6. The number of hydrogen-bond donors (Lipinski definition) is 1. The van der Waals surface area contributed by atoms with Crippen molar-refractivity contribution in [1.82, 2.24) is 4.90 Å². The fourth-order valence-electron chi connectivity index (χ4n) is 1.31. The zero-order valence-electron chi connectivity index (χ0n) is 11.2. The number of carboxylic acid groups (broad SMARTS) is 1. The van der Waals surface area contributed by atoms with Crippen LogP contribution in [0.1, 0.15) is 27.2 Å². The first-order chi connectivity index (χ1) is 8.22. The van der Waals surface area contributed by atoms with Gasteiger partial charge in [-0.05, 0) is 27.2 Å². The molecule has 0 aromatic heterocycles. The Morgan fingerprint density at radius 2 is 1.89 bits per heavy atom. The summed E-state index contributed by atoms with van der Waals surface area (Å²) in [6.07, 6.45) is 2.40. The predicted octanol–water partition coefficient (Wildman–Crippen LogP) is 2.44. The maximum atomic E-state index is 11.9. The third-order valence-corrected chi connectivity index (χ3v) is 2.01. The van der Waals surface area contributed by atoms with Gasteiger partial charge in [-0.15, -0.1) is 13.2 Å². The highest BCUT2D eigenvalue weighted by Gasteiger charge is 2.31. The molecule has 0 aliphatic carbocycles. The van der Waals surface area contributed by atoms with Gasteiger partial charge in [0.2, 0.25) is 0 Å². The fraction of sp³-hybridized carbons (Fsp3) is 0.538. The van der Waals surface area contributed by atoms with E-state index in [9.17, 15) is 9.59 Å². The molecular formula is C13H21NO4. The Hall–Kier alpha value is -1.78. The van der Waals surface area contributed by atoms with Crippen molar-refractivity contribution in [1.29, 1.82) is 0 Å². The molecule has 0 aromatic carbocycles. The monoisotopic (exact) mass is 255 g/mol. The molecule has 0 spiro atoms. The largest absolute Gasteiger partial charge is 0.480 e. The number of carbonyl (C=O) groups excluding carboxylic acids is 1. The van der Waals surface area contributed by atoms with Crippen LogP contribution in [0.3, 0.4) is 0 Å². The third kappa shape index (κ3) is 5.52. The van der Waals surface area contributed by atoms with Crippen LogP contribution in [-0.4, -0.2) is 40.3 Å². The van der Waals surface area contributed by atoms with E-state index in [0.29, 0.717) is 0 Å². The molecule has 1 unspecified atom stereocenters. The lowest BCUT2D eigenvalue weighted by Crippen LogP contribution is -2.47. The summed E-state index contributed by atoms with van der Waals surface area (Å²) in [5.41, 5.74) is -0.673. The van der Waals surface area contributed by atoms with E-state index in [-0.39, 0.29) is 13.0 Å². The van der Waals surface area contributed by atoms with Crippen LogP contribution in [0.4, 0.5) is 4.79 Å². The van der Waals surface area contributed by atoms with Crippen molar-refractivity contribution in [3.8, 4) is 0 Å². The molecule has 0 radical (unpaired) electrons. The molecule has 5 heteroatoms. The number of nitrogens with zero attached hydrogens (tertiary/aromatic N) is 1. The predicted molar refractivity (Wildman–Crippen MR) is 69.4 cm³/mol. The lowest BCUT2D eigenvalue weighted by atomic mass is 10.1. The van der Waals surface area contributed by atoms with Crippen LogP contribution >= 0.6 is 0 Å². The number of carboxylic acids is 1. The van der Waals surface area contributed by atoms with Crippen LogP contribution in [0.15, 0.2) is 25.3 Å². The highest BCUT2D eigenvalue weighted by Crippen LogP contribution is 2.14. The van der Waals surface area contributed by atoms with E-state index in [2.05, 4.69) is 13.2 Å². The van der Waals surface area contributed by atoms with Gasteiger partial charge in [0, 0.05) is 6.54 Å². The summed E-state index contributed by atoms with van der Waals surface area (Å²) in [5, 5.41) is 9.12. The Balaban J connectivity index is 5.01. The Bertz CT molecular complexity index is 330. The van der Waals surface area contributed by atoms with Gasteiger partial charge in [0.1, 0.15) is 11.6 Å². The van der Waals surface area contributed by atoms with E-state index >= 15 is 0 Å². The second kappa shape index (κ2) is 6.83. The SMILES string of the molecule is C=CCC(C(=O)O)N(CC=C)C(=O)OC(C)(C)C. The van der Waals surface area contributed by atoms with Crippen molar-refractivity contribution in [3.63, 3.8) is 0 Å². The summed E-state index contributed by atoms with van der Waals surface area (Å²) >= 11 is 0. The Morgan fingerprint density at radius 1 is 1.33 bits per heavy atom. The highest BCUT2D eigenvalue weighted by atomic mass is 16.6. The van der Waals surface area contributed by atoms with Crippen LogP contribution in [0.2, 0.25) is 0 Å². The van der Waals surface area contributed by atoms with Crippen molar-refractivity contribution < 1.29 is 19.4 Å². The minimum absolute atomic E-state index is 0.111. The maximum Gasteiger partial charge on any atom is 0.411 e. The third-order valence-electron chi connectivity index (χ3n) is 2.01. The van der Waals surface area contributed by atoms with Gasteiger partial charge >= 0.3 is 12.1 Å². The molecule has 18 heavy (non-hydrogen) atoms. The number of amides is 1. The molecule has 0 aromatic rings. The van der Waals surface area contributed by atoms with Crippen LogP contribution in [0.25, 0.3) is 0 Å². The molecule has 0 aliphatic rings. The summed E-state index contributed by atoms with van der Waals surface area (Å²) in [7, 11) is 0. The molecular weight excluding hydrogens is 234 g/mol. The summed E-state index contributed by atoms with van der Waals surface area (Å²) in [5.74, 6) is -1.09. The van der Waals surface area contributed by atoms with Crippen LogP contribution in [-0.2, 0) is 9.53 Å². The second-order valence-corrected chi connectivity index (χ2v) is 4.80. The van der Waals surface area contributed by atoms with Gasteiger partial charge in [0.05, 0.1) is 0 Å². The Morgan fingerprint density at radius 3 is 2.22 bits per heavy atom. The first-order valence-corrected chi connectivity index (χ1v) is 5.67. The molecule has 0 saturated heterocycles. The number of carbonyl (C=O) groups is 2. The van der Waals surface area contributed by atoms with Crippen LogP contribution < -0.4 is 0 Å². The number of aliphatic carboxylic acids is 1. The molecule has 1 N–H and O–H groups in total. The van der Waals surface area contributed by atoms with Crippen LogP contribution in [0, 0.1) is 0 Å². The molecule has 0 saturated carbocycles. The summed E-state index contributed by atoms with van der Waals surface area (Å²) < 4.78 is 5.17. The minimum atomic E-state index is -1.09.